The van der Waals surface area contributed by atoms with Gasteiger partial charge in [0.1, 0.15) is 5.52 Å². The largest absolute Gasteiger partial charge is 0.368 e. The highest BCUT2D eigenvalue weighted by Gasteiger charge is 2.22. The average Bonchev–Trinajstić information content (AvgIpc) is 3.08. The first-order valence-corrected chi connectivity index (χ1v) is 9.96. The number of hydrogen-bond donors (Lipinski definition) is 2. The Morgan fingerprint density at radius 2 is 1.87 bits per heavy atom. The van der Waals surface area contributed by atoms with E-state index in [4.69, 9.17) is 17.3 Å². The summed E-state index contributed by atoms with van der Waals surface area (Å²) in [6, 6.07) is 15.9. The summed E-state index contributed by atoms with van der Waals surface area (Å²) in [4.78, 5) is 37.3. The van der Waals surface area contributed by atoms with Crippen molar-refractivity contribution in [2.75, 3.05) is 5.73 Å². The van der Waals surface area contributed by atoms with Crippen molar-refractivity contribution in [1.29, 1.82) is 0 Å². The van der Waals surface area contributed by atoms with E-state index < -0.39 is 6.04 Å². The molecule has 0 radical (unpaired) electrons. The summed E-state index contributed by atoms with van der Waals surface area (Å²) in [7, 11) is 0. The van der Waals surface area contributed by atoms with Crippen LogP contribution in [0.2, 0.25) is 5.02 Å². The summed E-state index contributed by atoms with van der Waals surface area (Å²) in [5.74, 6) is 0.0539. The number of aromatic nitrogens is 5. The normalized spacial score (nSPS) is 12.5. The van der Waals surface area contributed by atoms with Crippen molar-refractivity contribution in [3.05, 3.63) is 92.3 Å². The number of aromatic amines is 1. The lowest BCUT2D eigenvalue weighted by Gasteiger charge is -2.21. The third-order valence-electron chi connectivity index (χ3n) is 5.33. The van der Waals surface area contributed by atoms with E-state index in [1.54, 1.807) is 16.7 Å². The molecular weight excluding hydrogens is 416 g/mol. The minimum Gasteiger partial charge on any atom is -0.368 e. The van der Waals surface area contributed by atoms with Crippen LogP contribution in [0.4, 0.5) is 5.95 Å². The molecule has 9 heteroatoms. The third kappa shape index (κ3) is 3.00. The minimum atomic E-state index is -0.549. The first-order chi connectivity index (χ1) is 15.0. The molecule has 0 aliphatic carbocycles. The summed E-state index contributed by atoms with van der Waals surface area (Å²) in [5, 5.41) is 1.48. The molecule has 0 aliphatic rings. The van der Waals surface area contributed by atoms with Gasteiger partial charge in [0, 0.05) is 11.4 Å². The summed E-state index contributed by atoms with van der Waals surface area (Å²) < 4.78 is 3.05. The number of nitrogens with two attached hydrogens (primary N) is 1. The van der Waals surface area contributed by atoms with Crippen LogP contribution in [0.1, 0.15) is 18.7 Å². The van der Waals surface area contributed by atoms with E-state index >= 15 is 0 Å². The van der Waals surface area contributed by atoms with Gasteiger partial charge in [-0.2, -0.15) is 4.98 Å². The van der Waals surface area contributed by atoms with Crippen LogP contribution in [0.3, 0.4) is 0 Å². The molecule has 5 aromatic rings. The molecule has 0 fully saturated rings. The topological polar surface area (TPSA) is 112 Å². The second kappa shape index (κ2) is 7.10. The molecule has 2 aromatic carbocycles. The van der Waals surface area contributed by atoms with Gasteiger partial charge in [0.15, 0.2) is 5.65 Å². The maximum absolute atomic E-state index is 13.6. The number of fused-ring (bicyclic) bond motifs is 2. The molecule has 0 bridgehead atoms. The van der Waals surface area contributed by atoms with Crippen LogP contribution < -0.4 is 17.0 Å². The maximum atomic E-state index is 13.6. The van der Waals surface area contributed by atoms with Gasteiger partial charge in [0.05, 0.1) is 22.6 Å². The van der Waals surface area contributed by atoms with E-state index in [2.05, 4.69) is 15.0 Å². The van der Waals surface area contributed by atoms with Crippen LogP contribution in [0.5, 0.6) is 0 Å². The van der Waals surface area contributed by atoms with Crippen LogP contribution in [-0.2, 0) is 0 Å². The summed E-state index contributed by atoms with van der Waals surface area (Å²) >= 11 is 6.37. The molecule has 154 valence electrons. The number of nitrogen functional groups attached to an aromatic ring is 1. The number of benzene rings is 2. The molecule has 0 saturated heterocycles. The molecule has 0 spiro atoms. The van der Waals surface area contributed by atoms with Crippen molar-refractivity contribution in [1.82, 2.24) is 24.1 Å². The van der Waals surface area contributed by atoms with Gasteiger partial charge in [-0.05, 0) is 36.6 Å². The second-order valence-electron chi connectivity index (χ2n) is 7.19. The van der Waals surface area contributed by atoms with E-state index in [9.17, 15) is 9.59 Å². The second-order valence-corrected chi connectivity index (χ2v) is 7.60. The van der Waals surface area contributed by atoms with Crippen LogP contribution in [0, 0.1) is 0 Å². The number of imidazole rings is 1. The van der Waals surface area contributed by atoms with E-state index in [0.717, 1.165) is 0 Å². The zero-order valence-corrected chi connectivity index (χ0v) is 17.2. The SMILES string of the molecule is CC(c1cc2cccc(Cl)c2c(=O)n1-c1ccccc1)n1c(=O)[nH]c2cnc(N)nc21. The van der Waals surface area contributed by atoms with E-state index in [-0.39, 0.29) is 17.2 Å². The number of H-pyrrole nitrogens is 1. The fraction of sp³-hybridized carbons (Fsp3) is 0.0909. The van der Waals surface area contributed by atoms with Gasteiger partial charge in [-0.25, -0.2) is 9.78 Å². The average molecular weight is 433 g/mol. The number of para-hydroxylation sites is 1. The molecule has 5 rings (SSSR count). The van der Waals surface area contributed by atoms with Crippen LogP contribution in [0.15, 0.2) is 70.4 Å². The smallest absolute Gasteiger partial charge is 0.328 e. The molecule has 8 nitrogen and oxygen atoms in total. The Labute approximate surface area is 180 Å². The van der Waals surface area contributed by atoms with Gasteiger partial charge in [0.2, 0.25) is 5.95 Å². The molecule has 0 amide bonds. The maximum Gasteiger partial charge on any atom is 0.328 e. The minimum absolute atomic E-state index is 0.0539. The van der Waals surface area contributed by atoms with Gasteiger partial charge in [-0.15, -0.1) is 0 Å². The van der Waals surface area contributed by atoms with Crippen molar-refractivity contribution in [2.24, 2.45) is 0 Å². The van der Waals surface area contributed by atoms with Crippen molar-refractivity contribution in [3.8, 4) is 5.69 Å². The quantitative estimate of drug-likeness (QED) is 0.454. The number of pyridine rings is 1. The van der Waals surface area contributed by atoms with Gasteiger partial charge in [0.25, 0.3) is 5.56 Å². The van der Waals surface area contributed by atoms with E-state index in [1.807, 2.05) is 49.4 Å². The summed E-state index contributed by atoms with van der Waals surface area (Å²) in [6.07, 6.45) is 1.47. The van der Waals surface area contributed by atoms with Crippen LogP contribution in [0.25, 0.3) is 27.6 Å². The first-order valence-electron chi connectivity index (χ1n) is 9.58. The van der Waals surface area contributed by atoms with E-state index in [1.165, 1.54) is 10.8 Å². The predicted octanol–water partition coefficient (Wildman–Crippen LogP) is 3.27. The Bertz CT molecular complexity index is 1570. The number of hydrogen-bond acceptors (Lipinski definition) is 5. The molecule has 0 aliphatic heterocycles. The van der Waals surface area contributed by atoms with Gasteiger partial charge >= 0.3 is 5.69 Å². The highest BCUT2D eigenvalue weighted by atomic mass is 35.5. The first kappa shape index (κ1) is 19.1. The Morgan fingerprint density at radius 1 is 1.10 bits per heavy atom. The van der Waals surface area contributed by atoms with Crippen molar-refractivity contribution in [2.45, 2.75) is 13.0 Å². The molecule has 3 aromatic heterocycles. The fourth-order valence-electron chi connectivity index (χ4n) is 3.91. The van der Waals surface area contributed by atoms with Crippen molar-refractivity contribution >= 4 is 39.5 Å². The molecular formula is C22H17ClN6O2. The zero-order chi connectivity index (χ0) is 21.7. The summed E-state index contributed by atoms with van der Waals surface area (Å²) in [6.45, 7) is 1.83. The monoisotopic (exact) mass is 432 g/mol. The van der Waals surface area contributed by atoms with Gasteiger partial charge in [-0.3, -0.25) is 13.9 Å². The molecule has 1 atom stereocenters. The fourth-order valence-corrected chi connectivity index (χ4v) is 4.17. The van der Waals surface area contributed by atoms with Crippen molar-refractivity contribution in [3.63, 3.8) is 0 Å². The Kier molecular flexibility index (Phi) is 4.37. The lowest BCUT2D eigenvalue weighted by atomic mass is 10.1. The van der Waals surface area contributed by atoms with Crippen LogP contribution >= 0.6 is 11.6 Å². The molecule has 1 unspecified atom stereocenters. The Balaban J connectivity index is 1.87. The number of nitrogens with one attached hydrogen (secondary N) is 1. The lowest BCUT2D eigenvalue weighted by molar-refractivity contribution is 0.595. The standard InChI is InChI=1S/C22H17ClN6O2/c1-12(28-19-16(26-22(28)31)11-25-21(24)27-19)17-10-13-6-5-9-15(23)18(13)20(30)29(17)14-7-3-2-4-8-14/h2-12H,1H3,(H,26,31)(H2,24,25,27). The van der Waals surface area contributed by atoms with Gasteiger partial charge < -0.3 is 10.7 Å². The number of nitrogens with zero attached hydrogens (tertiary/aromatic N) is 4. The summed E-state index contributed by atoms with van der Waals surface area (Å²) in [5.41, 5.74) is 7.21. The molecule has 0 saturated carbocycles. The molecule has 31 heavy (non-hydrogen) atoms. The highest BCUT2D eigenvalue weighted by molar-refractivity contribution is 6.35. The predicted molar refractivity (Wildman–Crippen MR) is 121 cm³/mol. The molecule has 3 heterocycles. The molecule has 3 N–H and O–H groups in total. The third-order valence-corrected chi connectivity index (χ3v) is 5.64. The van der Waals surface area contributed by atoms with E-state index in [0.29, 0.717) is 38.3 Å². The van der Waals surface area contributed by atoms with Gasteiger partial charge in [-0.1, -0.05) is 41.9 Å². The van der Waals surface area contributed by atoms with Crippen molar-refractivity contribution < 1.29 is 0 Å². The highest BCUT2D eigenvalue weighted by Crippen LogP contribution is 2.27. The van der Waals surface area contributed by atoms with Crippen LogP contribution in [-0.4, -0.2) is 24.1 Å². The Morgan fingerprint density at radius 3 is 2.65 bits per heavy atom. The Hall–Kier alpha value is -3.91. The lowest BCUT2D eigenvalue weighted by Crippen LogP contribution is -2.29. The number of rotatable bonds is 3. The number of anilines is 1. The zero-order valence-electron chi connectivity index (χ0n) is 16.4. The number of halogens is 1.